The van der Waals surface area contributed by atoms with Crippen LogP contribution in [0.3, 0.4) is 0 Å². The third kappa shape index (κ3) is 4.80. The van der Waals surface area contributed by atoms with E-state index in [0.29, 0.717) is 44.3 Å². The summed E-state index contributed by atoms with van der Waals surface area (Å²) in [6.45, 7) is 1.87. The van der Waals surface area contributed by atoms with Gasteiger partial charge in [-0.1, -0.05) is 28.9 Å². The Balaban J connectivity index is 1.58. The van der Waals surface area contributed by atoms with Gasteiger partial charge in [-0.05, 0) is 30.5 Å². The largest absolute Gasteiger partial charge is 0.384 e. The van der Waals surface area contributed by atoms with Crippen LogP contribution in [0.1, 0.15) is 36.0 Å². The second kappa shape index (κ2) is 8.45. The fourth-order valence-electron chi connectivity index (χ4n) is 2.98. The van der Waals surface area contributed by atoms with Gasteiger partial charge in [0.25, 0.3) is 0 Å². The molecular formula is C18H22ClN3O3. The molecule has 0 unspecified atom stereocenters. The van der Waals surface area contributed by atoms with Crippen molar-refractivity contribution in [2.75, 3.05) is 26.8 Å². The zero-order valence-electron chi connectivity index (χ0n) is 14.3. The van der Waals surface area contributed by atoms with E-state index >= 15 is 0 Å². The SMILES string of the molecule is COCCc1noc([C@H]2CCC(=O)N(CCc3ccc(Cl)cc3)C2)n1. The summed E-state index contributed by atoms with van der Waals surface area (Å²) < 4.78 is 10.4. The Kier molecular flexibility index (Phi) is 6.04. The maximum atomic E-state index is 12.2. The van der Waals surface area contributed by atoms with Crippen LogP contribution >= 0.6 is 11.6 Å². The fraction of sp³-hybridized carbons (Fsp3) is 0.500. The van der Waals surface area contributed by atoms with E-state index in [2.05, 4.69) is 10.1 Å². The van der Waals surface area contributed by atoms with Crippen LogP contribution in [-0.4, -0.2) is 47.8 Å². The number of likely N-dealkylation sites (tertiary alicyclic amines) is 1. The summed E-state index contributed by atoms with van der Waals surface area (Å²) in [5, 5.41) is 4.71. The summed E-state index contributed by atoms with van der Waals surface area (Å²) in [7, 11) is 1.65. The molecule has 1 fully saturated rings. The van der Waals surface area contributed by atoms with Crippen LogP contribution in [0.4, 0.5) is 0 Å². The zero-order valence-corrected chi connectivity index (χ0v) is 15.0. The van der Waals surface area contributed by atoms with Crippen molar-refractivity contribution in [1.29, 1.82) is 0 Å². The summed E-state index contributed by atoms with van der Waals surface area (Å²) in [5.74, 6) is 1.56. The molecule has 0 aliphatic carbocycles. The third-order valence-corrected chi connectivity index (χ3v) is 4.70. The van der Waals surface area contributed by atoms with Crippen molar-refractivity contribution in [1.82, 2.24) is 15.0 Å². The van der Waals surface area contributed by atoms with Gasteiger partial charge in [0, 0.05) is 38.1 Å². The first-order valence-corrected chi connectivity index (χ1v) is 8.87. The quantitative estimate of drug-likeness (QED) is 0.756. The topological polar surface area (TPSA) is 68.5 Å². The molecule has 2 aromatic rings. The fourth-order valence-corrected chi connectivity index (χ4v) is 3.10. The Morgan fingerprint density at radius 2 is 2.12 bits per heavy atom. The summed E-state index contributed by atoms with van der Waals surface area (Å²) in [6, 6.07) is 7.73. The number of nitrogens with zero attached hydrogens (tertiary/aromatic N) is 3. The monoisotopic (exact) mass is 363 g/mol. The summed E-state index contributed by atoms with van der Waals surface area (Å²) >= 11 is 5.91. The van der Waals surface area contributed by atoms with E-state index in [1.54, 1.807) is 7.11 Å². The number of rotatable bonds is 7. The van der Waals surface area contributed by atoms with E-state index in [0.717, 1.165) is 17.9 Å². The first-order chi connectivity index (χ1) is 12.2. The maximum Gasteiger partial charge on any atom is 0.231 e. The van der Waals surface area contributed by atoms with Crippen molar-refractivity contribution in [2.45, 2.75) is 31.6 Å². The highest BCUT2D eigenvalue weighted by Gasteiger charge is 2.30. The van der Waals surface area contributed by atoms with Gasteiger partial charge in [0.15, 0.2) is 5.82 Å². The Hall–Kier alpha value is -1.92. The predicted octanol–water partition coefficient (Wildman–Crippen LogP) is 2.86. The summed E-state index contributed by atoms with van der Waals surface area (Å²) in [6.07, 6.45) is 2.70. The third-order valence-electron chi connectivity index (χ3n) is 4.45. The van der Waals surface area contributed by atoms with E-state index < -0.39 is 0 Å². The van der Waals surface area contributed by atoms with E-state index in [4.69, 9.17) is 20.9 Å². The van der Waals surface area contributed by atoms with Gasteiger partial charge in [-0.2, -0.15) is 4.98 Å². The lowest BCUT2D eigenvalue weighted by Crippen LogP contribution is -2.40. The predicted molar refractivity (Wildman–Crippen MR) is 93.6 cm³/mol. The van der Waals surface area contributed by atoms with Crippen LogP contribution in [0.5, 0.6) is 0 Å². The first-order valence-electron chi connectivity index (χ1n) is 8.49. The molecule has 2 heterocycles. The van der Waals surface area contributed by atoms with Crippen LogP contribution < -0.4 is 0 Å². The van der Waals surface area contributed by atoms with Crippen LogP contribution in [0, 0.1) is 0 Å². The van der Waals surface area contributed by atoms with Crippen molar-refractivity contribution >= 4 is 17.5 Å². The molecule has 25 heavy (non-hydrogen) atoms. The number of hydrogen-bond donors (Lipinski definition) is 0. The molecule has 134 valence electrons. The Labute approximate surface area is 152 Å². The molecule has 3 rings (SSSR count). The zero-order chi connectivity index (χ0) is 17.6. The van der Waals surface area contributed by atoms with Gasteiger partial charge in [-0.3, -0.25) is 4.79 Å². The lowest BCUT2D eigenvalue weighted by atomic mass is 9.97. The summed E-state index contributed by atoms with van der Waals surface area (Å²) in [4.78, 5) is 18.6. The number of methoxy groups -OCH3 is 1. The van der Waals surface area contributed by atoms with E-state index in [1.165, 1.54) is 5.56 Å². The van der Waals surface area contributed by atoms with E-state index in [9.17, 15) is 4.79 Å². The van der Waals surface area contributed by atoms with E-state index in [-0.39, 0.29) is 11.8 Å². The number of halogens is 1. The molecule has 1 saturated heterocycles. The lowest BCUT2D eigenvalue weighted by Gasteiger charge is -2.31. The highest BCUT2D eigenvalue weighted by atomic mass is 35.5. The van der Waals surface area contributed by atoms with Gasteiger partial charge in [-0.15, -0.1) is 0 Å². The number of hydrogen-bond acceptors (Lipinski definition) is 5. The number of piperidine rings is 1. The molecular weight excluding hydrogens is 342 g/mol. The molecule has 0 N–H and O–H groups in total. The van der Waals surface area contributed by atoms with Gasteiger partial charge in [0.05, 0.1) is 12.5 Å². The Morgan fingerprint density at radius 1 is 1.32 bits per heavy atom. The molecule has 0 bridgehead atoms. The average molecular weight is 364 g/mol. The minimum Gasteiger partial charge on any atom is -0.384 e. The number of carbonyl (C=O) groups is 1. The molecule has 0 radical (unpaired) electrons. The molecule has 1 atom stereocenters. The number of amides is 1. The second-order valence-electron chi connectivity index (χ2n) is 6.24. The van der Waals surface area contributed by atoms with Gasteiger partial charge >= 0.3 is 0 Å². The summed E-state index contributed by atoms with van der Waals surface area (Å²) in [5.41, 5.74) is 1.17. The van der Waals surface area contributed by atoms with E-state index in [1.807, 2.05) is 29.2 Å². The number of carbonyl (C=O) groups excluding carboxylic acids is 1. The molecule has 7 heteroatoms. The standard InChI is InChI=1S/C18H22ClN3O3/c1-24-11-9-16-20-18(25-21-16)14-4-7-17(23)22(12-14)10-8-13-2-5-15(19)6-3-13/h2-3,5-6,14H,4,7-12H2,1H3/t14-/m0/s1. The van der Waals surface area contributed by atoms with Crippen LogP contribution in [-0.2, 0) is 22.4 Å². The molecule has 1 aromatic heterocycles. The second-order valence-corrected chi connectivity index (χ2v) is 6.68. The molecule has 1 aliphatic rings. The number of ether oxygens (including phenoxy) is 1. The van der Waals surface area contributed by atoms with Crippen molar-refractivity contribution < 1.29 is 14.1 Å². The highest BCUT2D eigenvalue weighted by molar-refractivity contribution is 6.30. The molecule has 0 spiro atoms. The molecule has 1 aliphatic heterocycles. The van der Waals surface area contributed by atoms with Crippen molar-refractivity contribution in [3.63, 3.8) is 0 Å². The minimum absolute atomic E-state index is 0.103. The highest BCUT2D eigenvalue weighted by Crippen LogP contribution is 2.26. The van der Waals surface area contributed by atoms with Crippen molar-refractivity contribution in [3.05, 3.63) is 46.6 Å². The van der Waals surface area contributed by atoms with Crippen LogP contribution in [0.25, 0.3) is 0 Å². The van der Waals surface area contributed by atoms with Crippen molar-refractivity contribution in [2.24, 2.45) is 0 Å². The molecule has 6 nitrogen and oxygen atoms in total. The van der Waals surface area contributed by atoms with Crippen molar-refractivity contribution in [3.8, 4) is 0 Å². The Bertz CT molecular complexity index is 702. The molecule has 1 amide bonds. The van der Waals surface area contributed by atoms with Crippen LogP contribution in [0.15, 0.2) is 28.8 Å². The number of aromatic nitrogens is 2. The first kappa shape index (κ1) is 17.9. The maximum absolute atomic E-state index is 12.2. The molecule has 1 aromatic carbocycles. The smallest absolute Gasteiger partial charge is 0.231 e. The Morgan fingerprint density at radius 3 is 2.88 bits per heavy atom. The van der Waals surface area contributed by atoms with Gasteiger partial charge in [-0.25, -0.2) is 0 Å². The van der Waals surface area contributed by atoms with Gasteiger partial charge in [0.2, 0.25) is 11.8 Å². The lowest BCUT2D eigenvalue weighted by molar-refractivity contribution is -0.133. The van der Waals surface area contributed by atoms with Gasteiger partial charge in [0.1, 0.15) is 0 Å². The van der Waals surface area contributed by atoms with Gasteiger partial charge < -0.3 is 14.2 Å². The normalized spacial score (nSPS) is 17.9. The molecule has 0 saturated carbocycles. The average Bonchev–Trinajstić information content (AvgIpc) is 3.09. The van der Waals surface area contributed by atoms with Crippen LogP contribution in [0.2, 0.25) is 5.02 Å². The minimum atomic E-state index is 0.103. The number of benzene rings is 1.